The molecule has 0 aliphatic carbocycles. The van der Waals surface area contributed by atoms with Crippen LogP contribution < -0.4 is 10.1 Å². The number of hydrogen-bond acceptors (Lipinski definition) is 5. The molecule has 8 heteroatoms. The molecular weight excluding hydrogens is 420 g/mol. The molecule has 0 atom stereocenters. The van der Waals surface area contributed by atoms with E-state index in [0.717, 1.165) is 28.3 Å². The van der Waals surface area contributed by atoms with E-state index in [1.807, 2.05) is 50.5 Å². The summed E-state index contributed by atoms with van der Waals surface area (Å²) in [6, 6.07) is 11.5. The highest BCUT2D eigenvalue weighted by Crippen LogP contribution is 2.23. The number of hydrogen-bond donors (Lipinski definition) is 1. The third kappa shape index (κ3) is 5.77. The van der Waals surface area contributed by atoms with Gasteiger partial charge in [-0.05, 0) is 68.7 Å². The largest absolute Gasteiger partial charge is 0.486 e. The van der Waals surface area contributed by atoms with E-state index >= 15 is 0 Å². The maximum Gasteiger partial charge on any atom is 0.234 e. The van der Waals surface area contributed by atoms with Crippen molar-refractivity contribution in [3.8, 4) is 5.75 Å². The zero-order chi connectivity index (χ0) is 21.7. The van der Waals surface area contributed by atoms with Crippen molar-refractivity contribution in [2.75, 3.05) is 11.1 Å². The number of amides is 1. The predicted octanol–water partition coefficient (Wildman–Crippen LogP) is 5.19. The molecule has 3 rings (SSSR count). The van der Waals surface area contributed by atoms with Crippen molar-refractivity contribution in [1.82, 2.24) is 14.8 Å². The van der Waals surface area contributed by atoms with E-state index < -0.39 is 0 Å². The van der Waals surface area contributed by atoms with Gasteiger partial charge < -0.3 is 14.6 Å². The van der Waals surface area contributed by atoms with Gasteiger partial charge in [0, 0.05) is 17.3 Å². The summed E-state index contributed by atoms with van der Waals surface area (Å²) < 4.78 is 7.88. The van der Waals surface area contributed by atoms with Crippen LogP contribution in [-0.2, 0) is 17.9 Å². The molecule has 1 heterocycles. The maximum absolute atomic E-state index is 12.4. The molecule has 2 aromatic carbocycles. The van der Waals surface area contributed by atoms with Gasteiger partial charge in [-0.15, -0.1) is 10.2 Å². The number of aromatic nitrogens is 3. The van der Waals surface area contributed by atoms with Crippen LogP contribution in [0.5, 0.6) is 5.75 Å². The third-order valence-electron chi connectivity index (χ3n) is 4.48. The Morgan fingerprint density at radius 2 is 1.87 bits per heavy atom. The Balaban J connectivity index is 1.61. The lowest BCUT2D eigenvalue weighted by molar-refractivity contribution is -0.113. The van der Waals surface area contributed by atoms with Crippen LogP contribution in [-0.4, -0.2) is 26.4 Å². The Morgan fingerprint density at radius 1 is 1.13 bits per heavy atom. The van der Waals surface area contributed by atoms with Gasteiger partial charge in [0.1, 0.15) is 12.4 Å². The lowest BCUT2D eigenvalue weighted by Gasteiger charge is -2.11. The van der Waals surface area contributed by atoms with Crippen molar-refractivity contribution in [3.63, 3.8) is 0 Å². The van der Waals surface area contributed by atoms with Gasteiger partial charge in [-0.1, -0.05) is 35.5 Å². The number of thioether (sulfide) groups is 1. The van der Waals surface area contributed by atoms with E-state index in [9.17, 15) is 4.79 Å². The van der Waals surface area contributed by atoms with Gasteiger partial charge in [0.25, 0.3) is 0 Å². The van der Waals surface area contributed by atoms with Crippen molar-refractivity contribution in [2.45, 2.75) is 46.0 Å². The number of carbonyl (C=O) groups excluding carboxylic acids is 1. The summed E-state index contributed by atoms with van der Waals surface area (Å²) in [7, 11) is 0. The molecule has 6 nitrogen and oxygen atoms in total. The number of benzene rings is 2. The fourth-order valence-corrected chi connectivity index (χ4v) is 4.05. The highest BCUT2D eigenvalue weighted by atomic mass is 35.5. The quantitative estimate of drug-likeness (QED) is 0.484. The van der Waals surface area contributed by atoms with Gasteiger partial charge in [0.15, 0.2) is 11.0 Å². The molecule has 0 spiro atoms. The van der Waals surface area contributed by atoms with Crippen molar-refractivity contribution in [3.05, 3.63) is 63.9 Å². The molecule has 1 aromatic heterocycles. The first-order valence-corrected chi connectivity index (χ1v) is 11.0. The molecule has 158 valence electrons. The molecule has 0 aliphatic heterocycles. The Bertz CT molecular complexity index is 1030. The SMILES string of the molecule is CCn1c(COc2cc(C)cc(C)c2)nnc1SCC(=O)Nc1cc(Cl)ccc1C. The number of aryl methyl sites for hydroxylation is 3. The summed E-state index contributed by atoms with van der Waals surface area (Å²) >= 11 is 7.36. The fraction of sp³-hybridized carbons (Fsp3) is 0.318. The Labute approximate surface area is 186 Å². The molecule has 1 N–H and O–H groups in total. The number of rotatable bonds is 8. The molecule has 0 bridgehead atoms. The first kappa shape index (κ1) is 22.2. The molecule has 0 unspecified atom stereocenters. The molecule has 0 radical (unpaired) electrons. The standard InChI is InChI=1S/C22H25ClN4O2S/c1-5-27-20(12-29-18-9-14(2)8-15(3)10-18)25-26-22(27)30-13-21(28)24-19-11-17(23)7-6-16(19)4/h6-11H,5,12-13H2,1-4H3,(H,24,28). The van der Waals surface area contributed by atoms with Crippen LogP contribution in [0.3, 0.4) is 0 Å². The molecule has 0 saturated heterocycles. The van der Waals surface area contributed by atoms with Crippen molar-refractivity contribution in [1.29, 1.82) is 0 Å². The Morgan fingerprint density at radius 3 is 2.57 bits per heavy atom. The van der Waals surface area contributed by atoms with E-state index in [-0.39, 0.29) is 11.7 Å². The van der Waals surface area contributed by atoms with Crippen molar-refractivity contribution in [2.24, 2.45) is 0 Å². The van der Waals surface area contributed by atoms with Crippen LogP contribution in [0.15, 0.2) is 41.6 Å². The summed E-state index contributed by atoms with van der Waals surface area (Å²) in [5, 5.41) is 12.7. The number of carbonyl (C=O) groups is 1. The molecular formula is C22H25ClN4O2S. The van der Waals surface area contributed by atoms with Crippen LogP contribution in [0.4, 0.5) is 5.69 Å². The number of ether oxygens (including phenoxy) is 1. The average Bonchev–Trinajstić information content (AvgIpc) is 3.08. The molecule has 3 aromatic rings. The van der Waals surface area contributed by atoms with Crippen LogP contribution in [0.2, 0.25) is 5.02 Å². The minimum absolute atomic E-state index is 0.121. The Kier molecular flexibility index (Phi) is 7.39. The van der Waals surface area contributed by atoms with Crippen molar-refractivity contribution < 1.29 is 9.53 Å². The van der Waals surface area contributed by atoms with Crippen molar-refractivity contribution >= 4 is 35.0 Å². The second-order valence-electron chi connectivity index (χ2n) is 7.05. The monoisotopic (exact) mass is 444 g/mol. The van der Waals surface area contributed by atoms with E-state index in [0.29, 0.717) is 29.0 Å². The average molecular weight is 445 g/mol. The maximum atomic E-state index is 12.4. The minimum atomic E-state index is -0.121. The first-order chi connectivity index (χ1) is 14.4. The topological polar surface area (TPSA) is 69.0 Å². The second-order valence-corrected chi connectivity index (χ2v) is 8.43. The zero-order valence-corrected chi connectivity index (χ0v) is 19.1. The highest BCUT2D eigenvalue weighted by molar-refractivity contribution is 7.99. The minimum Gasteiger partial charge on any atom is -0.486 e. The molecule has 1 amide bonds. The highest BCUT2D eigenvalue weighted by Gasteiger charge is 2.14. The number of halogens is 1. The molecule has 0 saturated carbocycles. The third-order valence-corrected chi connectivity index (χ3v) is 5.68. The first-order valence-electron chi connectivity index (χ1n) is 9.67. The summed E-state index contributed by atoms with van der Waals surface area (Å²) in [6.07, 6.45) is 0. The van der Waals surface area contributed by atoms with E-state index in [1.165, 1.54) is 11.8 Å². The summed E-state index contributed by atoms with van der Waals surface area (Å²) in [5.74, 6) is 1.64. The predicted molar refractivity (Wildman–Crippen MR) is 121 cm³/mol. The second kappa shape index (κ2) is 10.00. The van der Waals surface area contributed by atoms with E-state index in [4.69, 9.17) is 16.3 Å². The van der Waals surface area contributed by atoms with Crippen LogP contribution in [0.1, 0.15) is 29.4 Å². The molecule has 0 fully saturated rings. The van der Waals surface area contributed by atoms with Gasteiger partial charge in [-0.25, -0.2) is 0 Å². The molecule has 30 heavy (non-hydrogen) atoms. The number of nitrogens with zero attached hydrogens (tertiary/aromatic N) is 3. The van der Waals surface area contributed by atoms with Crippen LogP contribution in [0, 0.1) is 20.8 Å². The van der Waals surface area contributed by atoms with Crippen LogP contribution >= 0.6 is 23.4 Å². The summed E-state index contributed by atoms with van der Waals surface area (Å²) in [6.45, 7) is 9.03. The van der Waals surface area contributed by atoms with E-state index in [1.54, 1.807) is 12.1 Å². The van der Waals surface area contributed by atoms with E-state index in [2.05, 4.69) is 21.6 Å². The fourth-order valence-electron chi connectivity index (χ4n) is 3.06. The van der Waals surface area contributed by atoms with Gasteiger partial charge in [0.05, 0.1) is 5.75 Å². The lowest BCUT2D eigenvalue weighted by Crippen LogP contribution is -2.15. The van der Waals surface area contributed by atoms with Crippen LogP contribution in [0.25, 0.3) is 0 Å². The Hall–Kier alpha value is -2.51. The van der Waals surface area contributed by atoms with Gasteiger partial charge in [-0.2, -0.15) is 0 Å². The van der Waals surface area contributed by atoms with Gasteiger partial charge in [0.2, 0.25) is 5.91 Å². The normalized spacial score (nSPS) is 10.8. The molecule has 0 aliphatic rings. The van der Waals surface area contributed by atoms with Gasteiger partial charge >= 0.3 is 0 Å². The lowest BCUT2D eigenvalue weighted by atomic mass is 10.1. The summed E-state index contributed by atoms with van der Waals surface area (Å²) in [4.78, 5) is 12.4. The zero-order valence-electron chi connectivity index (χ0n) is 17.5. The summed E-state index contributed by atoms with van der Waals surface area (Å²) in [5.41, 5.74) is 3.98. The number of nitrogens with one attached hydrogen (secondary N) is 1. The number of anilines is 1. The smallest absolute Gasteiger partial charge is 0.234 e. The van der Waals surface area contributed by atoms with Gasteiger partial charge in [-0.3, -0.25) is 4.79 Å².